The van der Waals surface area contributed by atoms with Crippen molar-refractivity contribution in [3.8, 4) is 5.69 Å². The number of hydrogen-bond donors (Lipinski definition) is 1. The van der Waals surface area contributed by atoms with Crippen LogP contribution in [0.1, 0.15) is 57.7 Å². The van der Waals surface area contributed by atoms with Crippen LogP contribution in [0, 0.1) is 0 Å². The maximum absolute atomic E-state index is 13.7. The van der Waals surface area contributed by atoms with Crippen molar-refractivity contribution in [3.63, 3.8) is 0 Å². The Bertz CT molecular complexity index is 1380. The molecule has 2 aromatic heterocycles. The van der Waals surface area contributed by atoms with Gasteiger partial charge < -0.3 is 15.5 Å². The number of pyridine rings is 1. The first-order valence-corrected chi connectivity index (χ1v) is 13.1. The molecule has 9 heteroatoms. The molecule has 184 valence electrons. The second-order valence-corrected chi connectivity index (χ2v) is 10.5. The molecule has 4 heterocycles. The highest BCUT2D eigenvalue weighted by atomic mass is 79.9. The van der Waals surface area contributed by atoms with Gasteiger partial charge in [0.1, 0.15) is 10.4 Å². The summed E-state index contributed by atoms with van der Waals surface area (Å²) in [4.78, 5) is 34.1. The third-order valence-electron chi connectivity index (χ3n) is 7.46. The number of nitrogens with two attached hydrogens (primary N) is 1. The summed E-state index contributed by atoms with van der Waals surface area (Å²) in [5, 5.41) is 5.02. The van der Waals surface area contributed by atoms with E-state index >= 15 is 0 Å². The quantitative estimate of drug-likeness (QED) is 0.396. The van der Waals surface area contributed by atoms with E-state index in [0.717, 1.165) is 22.6 Å². The van der Waals surface area contributed by atoms with Crippen LogP contribution in [0.3, 0.4) is 0 Å². The zero-order valence-electron chi connectivity index (χ0n) is 19.9. The number of nitrogen functional groups attached to an aromatic ring is 1. The molecule has 0 spiro atoms. The molecule has 0 radical (unpaired) electrons. The van der Waals surface area contributed by atoms with E-state index in [-0.39, 0.29) is 23.7 Å². The fraction of sp³-hybridized carbons (Fsp3) is 0.333. The number of carbonyl (C=O) groups is 2. The van der Waals surface area contributed by atoms with Gasteiger partial charge in [0.2, 0.25) is 5.91 Å². The zero-order chi connectivity index (χ0) is 25.0. The summed E-state index contributed by atoms with van der Waals surface area (Å²) in [6.45, 7) is 5.06. The standard InChI is InChI=1S/C27H27BrN6O2/c1-2-24(35)32-13-11-20-25-21(34(31-20)18-7-5-17(6-8-18)16-3-4-16)12-14-33(22(25)15-32)27(36)19-9-10-23(28)30-26(19)29/h2,5-10,16,22H,1,3-4,11-15H2,(H2,29,30)/t22-/m0/s1. The van der Waals surface area contributed by atoms with Crippen molar-refractivity contribution >= 4 is 33.6 Å². The number of hydrogen-bond acceptors (Lipinski definition) is 5. The molecule has 0 saturated heterocycles. The first-order valence-electron chi connectivity index (χ1n) is 12.3. The minimum absolute atomic E-state index is 0.145. The topological polar surface area (TPSA) is 97.4 Å². The summed E-state index contributed by atoms with van der Waals surface area (Å²) >= 11 is 3.31. The number of rotatable bonds is 4. The van der Waals surface area contributed by atoms with Gasteiger partial charge >= 0.3 is 0 Å². The van der Waals surface area contributed by atoms with Crippen molar-refractivity contribution in [2.75, 3.05) is 25.4 Å². The highest BCUT2D eigenvalue weighted by molar-refractivity contribution is 9.10. The fourth-order valence-corrected chi connectivity index (χ4v) is 5.79. The van der Waals surface area contributed by atoms with Gasteiger partial charge in [-0.1, -0.05) is 18.7 Å². The summed E-state index contributed by atoms with van der Waals surface area (Å²) in [7, 11) is 0. The SMILES string of the molecule is C=CC(=O)N1CCc2nn(-c3ccc(C4CC4)cc3)c3c2[C@H](C1)N(C(=O)c1ccc(Br)nc1N)CC3. The molecule has 1 saturated carbocycles. The zero-order valence-corrected chi connectivity index (χ0v) is 21.4. The van der Waals surface area contributed by atoms with Crippen LogP contribution in [0.5, 0.6) is 0 Å². The van der Waals surface area contributed by atoms with Gasteiger partial charge in [-0.15, -0.1) is 0 Å². The molecule has 2 amide bonds. The minimum atomic E-state index is -0.329. The van der Waals surface area contributed by atoms with Gasteiger partial charge in [-0.3, -0.25) is 9.59 Å². The van der Waals surface area contributed by atoms with Gasteiger partial charge in [0.05, 0.1) is 28.7 Å². The molecule has 2 N–H and O–H groups in total. The lowest BCUT2D eigenvalue weighted by Crippen LogP contribution is -2.46. The second-order valence-electron chi connectivity index (χ2n) is 9.65. The lowest BCUT2D eigenvalue weighted by molar-refractivity contribution is -0.126. The molecule has 3 aromatic rings. The van der Waals surface area contributed by atoms with Crippen LogP contribution in [-0.4, -0.2) is 56.0 Å². The first kappa shape index (κ1) is 23.0. The highest BCUT2D eigenvalue weighted by Gasteiger charge is 2.40. The highest BCUT2D eigenvalue weighted by Crippen LogP contribution is 2.41. The maximum atomic E-state index is 13.7. The van der Waals surface area contributed by atoms with E-state index in [1.807, 2.05) is 9.58 Å². The lowest BCUT2D eigenvalue weighted by atomic mass is 9.94. The van der Waals surface area contributed by atoms with Gasteiger partial charge in [0.15, 0.2) is 0 Å². The summed E-state index contributed by atoms with van der Waals surface area (Å²) in [6.07, 6.45) is 5.15. The summed E-state index contributed by atoms with van der Waals surface area (Å²) in [5.41, 5.74) is 12.0. The molecule has 8 nitrogen and oxygen atoms in total. The minimum Gasteiger partial charge on any atom is -0.383 e. The molecule has 36 heavy (non-hydrogen) atoms. The average molecular weight is 547 g/mol. The second kappa shape index (κ2) is 8.89. The number of benzene rings is 1. The number of nitrogens with zero attached hydrogens (tertiary/aromatic N) is 5. The van der Waals surface area contributed by atoms with Gasteiger partial charge in [-0.05, 0) is 70.6 Å². The first-order chi connectivity index (χ1) is 17.4. The van der Waals surface area contributed by atoms with Crippen molar-refractivity contribution in [3.05, 3.63) is 81.7 Å². The Balaban J connectivity index is 1.41. The third kappa shape index (κ3) is 3.91. The van der Waals surface area contributed by atoms with Crippen LogP contribution in [0.4, 0.5) is 5.82 Å². The Labute approximate surface area is 217 Å². The van der Waals surface area contributed by atoms with Gasteiger partial charge in [0, 0.05) is 38.0 Å². The number of aromatic nitrogens is 3. The smallest absolute Gasteiger partial charge is 0.258 e. The molecule has 1 fully saturated rings. The van der Waals surface area contributed by atoms with Crippen molar-refractivity contribution in [2.24, 2.45) is 0 Å². The molecule has 1 atom stereocenters. The van der Waals surface area contributed by atoms with Gasteiger partial charge in [-0.25, -0.2) is 9.67 Å². The van der Waals surface area contributed by atoms with Crippen LogP contribution in [0.15, 0.2) is 53.7 Å². The summed E-state index contributed by atoms with van der Waals surface area (Å²) < 4.78 is 2.61. The molecular formula is C27H27BrN6O2. The number of amides is 2. The third-order valence-corrected chi connectivity index (χ3v) is 7.91. The molecule has 3 aliphatic rings. The molecule has 2 aliphatic heterocycles. The Morgan fingerprint density at radius 3 is 2.56 bits per heavy atom. The Hall–Kier alpha value is -3.46. The van der Waals surface area contributed by atoms with Gasteiger partial charge in [0.25, 0.3) is 5.91 Å². The molecule has 0 bridgehead atoms. The van der Waals surface area contributed by atoms with E-state index in [9.17, 15) is 9.59 Å². The fourth-order valence-electron chi connectivity index (χ4n) is 5.47. The molecule has 0 unspecified atom stereocenters. The van der Waals surface area contributed by atoms with Crippen molar-refractivity contribution in [2.45, 2.75) is 37.6 Å². The Kier molecular flexibility index (Phi) is 5.67. The normalized spacial score (nSPS) is 19.0. The molecule has 1 aromatic carbocycles. The van der Waals surface area contributed by atoms with E-state index < -0.39 is 0 Å². The number of anilines is 1. The lowest BCUT2D eigenvalue weighted by Gasteiger charge is -2.38. The maximum Gasteiger partial charge on any atom is 0.258 e. The van der Waals surface area contributed by atoms with Crippen molar-refractivity contribution in [1.29, 1.82) is 0 Å². The molecule has 6 rings (SSSR count). The average Bonchev–Trinajstić information content (AvgIpc) is 3.69. The van der Waals surface area contributed by atoms with E-state index in [2.05, 4.69) is 51.8 Å². The van der Waals surface area contributed by atoms with Crippen molar-refractivity contribution < 1.29 is 9.59 Å². The van der Waals surface area contributed by atoms with Crippen LogP contribution in [0.2, 0.25) is 0 Å². The van der Waals surface area contributed by atoms with Crippen molar-refractivity contribution in [1.82, 2.24) is 24.6 Å². The molecular weight excluding hydrogens is 520 g/mol. The predicted molar refractivity (Wildman–Crippen MR) is 140 cm³/mol. The Morgan fingerprint density at radius 1 is 1.08 bits per heavy atom. The van der Waals surface area contributed by atoms with E-state index in [1.54, 1.807) is 17.0 Å². The van der Waals surface area contributed by atoms with E-state index in [1.165, 1.54) is 24.5 Å². The number of halogens is 1. The van der Waals surface area contributed by atoms with E-state index in [0.29, 0.717) is 48.6 Å². The summed E-state index contributed by atoms with van der Waals surface area (Å²) in [6, 6.07) is 11.8. The predicted octanol–water partition coefficient (Wildman–Crippen LogP) is 3.80. The van der Waals surface area contributed by atoms with Crippen LogP contribution >= 0.6 is 15.9 Å². The van der Waals surface area contributed by atoms with Gasteiger partial charge in [-0.2, -0.15) is 5.10 Å². The molecule has 1 aliphatic carbocycles. The Morgan fingerprint density at radius 2 is 1.86 bits per heavy atom. The summed E-state index contributed by atoms with van der Waals surface area (Å²) in [5.74, 6) is 0.542. The van der Waals surface area contributed by atoms with Crippen LogP contribution < -0.4 is 5.73 Å². The van der Waals surface area contributed by atoms with E-state index in [4.69, 9.17) is 10.8 Å². The largest absolute Gasteiger partial charge is 0.383 e. The van der Waals surface area contributed by atoms with Crippen LogP contribution in [-0.2, 0) is 17.6 Å². The monoisotopic (exact) mass is 546 g/mol. The number of carbonyl (C=O) groups excluding carboxylic acids is 2. The van der Waals surface area contributed by atoms with Crippen LogP contribution in [0.25, 0.3) is 5.69 Å².